The van der Waals surface area contributed by atoms with Gasteiger partial charge in [-0.25, -0.2) is 0 Å². The summed E-state index contributed by atoms with van der Waals surface area (Å²) >= 11 is 0. The third kappa shape index (κ3) is 2.15. The van der Waals surface area contributed by atoms with Gasteiger partial charge >= 0.3 is 5.97 Å². The Morgan fingerprint density at radius 2 is 1.88 bits per heavy atom. The molecule has 3 aliphatic carbocycles. The van der Waals surface area contributed by atoms with Gasteiger partial charge in [-0.3, -0.25) is 9.59 Å². The van der Waals surface area contributed by atoms with Crippen molar-refractivity contribution in [3.05, 3.63) is 24.8 Å². The lowest BCUT2D eigenvalue weighted by atomic mass is 9.41. The molecule has 0 saturated heterocycles. The van der Waals surface area contributed by atoms with E-state index >= 15 is 0 Å². The highest BCUT2D eigenvalue weighted by atomic mass is 16.4. The first-order valence-corrected chi connectivity index (χ1v) is 8.97. The van der Waals surface area contributed by atoms with Gasteiger partial charge in [0.1, 0.15) is 6.10 Å². The fourth-order valence-electron chi connectivity index (χ4n) is 5.76. The molecule has 0 radical (unpaired) electrons. The summed E-state index contributed by atoms with van der Waals surface area (Å²) in [6.45, 7) is 9.15. The van der Waals surface area contributed by atoms with E-state index in [1.165, 1.54) is 0 Å². The van der Waals surface area contributed by atoms with Gasteiger partial charge in [-0.1, -0.05) is 25.2 Å². The standard InChI is InChI=1S/C20H28O5/c1-5-17(2)8-9-20(25)12(10-17)6-7-14-18(3,16(23)24)11-13(21)15(22)19(14,20)4/h5,8-9,12-14,21,25H,1,6-7,10-11H2,2-4H3,(H,23,24)/t12-,13-,14-,17-,18-,19+,20-/m1/s1. The first kappa shape index (κ1) is 18.3. The average Bonchev–Trinajstić information content (AvgIpc) is 2.55. The Morgan fingerprint density at radius 3 is 2.44 bits per heavy atom. The van der Waals surface area contributed by atoms with Crippen LogP contribution in [0.4, 0.5) is 0 Å². The molecule has 3 N–H and O–H groups in total. The Kier molecular flexibility index (Phi) is 3.87. The van der Waals surface area contributed by atoms with Crippen LogP contribution in [0.2, 0.25) is 0 Å². The van der Waals surface area contributed by atoms with E-state index in [-0.39, 0.29) is 17.8 Å². The van der Waals surface area contributed by atoms with Crippen LogP contribution in [0.5, 0.6) is 0 Å². The van der Waals surface area contributed by atoms with Crippen LogP contribution < -0.4 is 0 Å². The molecule has 7 atom stereocenters. The number of carbonyl (C=O) groups is 2. The zero-order valence-corrected chi connectivity index (χ0v) is 15.2. The summed E-state index contributed by atoms with van der Waals surface area (Å²) in [5.74, 6) is -2.15. The maximum atomic E-state index is 13.0. The second-order valence-electron chi connectivity index (χ2n) is 8.91. The molecular formula is C20H28O5. The molecule has 0 spiro atoms. The van der Waals surface area contributed by atoms with E-state index < -0.39 is 40.2 Å². The topological polar surface area (TPSA) is 94.8 Å². The lowest BCUT2D eigenvalue weighted by Gasteiger charge is -2.63. The number of ketones is 1. The predicted molar refractivity (Wildman–Crippen MR) is 92.7 cm³/mol. The molecule has 0 heterocycles. The van der Waals surface area contributed by atoms with Crippen LogP contribution in [-0.4, -0.2) is 38.8 Å². The number of aliphatic hydroxyl groups is 2. The van der Waals surface area contributed by atoms with Crippen molar-refractivity contribution in [1.29, 1.82) is 0 Å². The lowest BCUT2D eigenvalue weighted by molar-refractivity contribution is -0.214. The van der Waals surface area contributed by atoms with Gasteiger partial charge in [0.05, 0.1) is 16.4 Å². The predicted octanol–water partition coefficient (Wildman–Crippen LogP) is 2.33. The Morgan fingerprint density at radius 1 is 1.24 bits per heavy atom. The van der Waals surface area contributed by atoms with Crippen molar-refractivity contribution < 1.29 is 24.9 Å². The summed E-state index contributed by atoms with van der Waals surface area (Å²) in [6.07, 6.45) is 5.77. The molecule has 2 fully saturated rings. The quantitative estimate of drug-likeness (QED) is 0.666. The molecule has 0 aliphatic heterocycles. The average molecular weight is 348 g/mol. The van der Waals surface area contributed by atoms with Gasteiger partial charge < -0.3 is 15.3 Å². The molecule has 138 valence electrons. The van der Waals surface area contributed by atoms with Gasteiger partial charge in [-0.15, -0.1) is 6.58 Å². The molecular weight excluding hydrogens is 320 g/mol. The fraction of sp³-hybridized carbons (Fsp3) is 0.700. The van der Waals surface area contributed by atoms with Gasteiger partial charge in [0.15, 0.2) is 5.78 Å². The minimum atomic E-state index is -1.45. The van der Waals surface area contributed by atoms with Crippen molar-refractivity contribution in [2.45, 2.75) is 58.2 Å². The number of carboxylic acid groups (broad SMARTS) is 1. The maximum Gasteiger partial charge on any atom is 0.309 e. The smallest absolute Gasteiger partial charge is 0.309 e. The van der Waals surface area contributed by atoms with Crippen molar-refractivity contribution in [3.8, 4) is 0 Å². The Bertz CT molecular complexity index is 669. The fourth-order valence-corrected chi connectivity index (χ4v) is 5.76. The van der Waals surface area contributed by atoms with Crippen LogP contribution in [0.3, 0.4) is 0 Å². The van der Waals surface area contributed by atoms with Crippen LogP contribution >= 0.6 is 0 Å². The lowest BCUT2D eigenvalue weighted by Crippen LogP contribution is -2.70. The van der Waals surface area contributed by atoms with E-state index in [9.17, 15) is 24.9 Å². The van der Waals surface area contributed by atoms with Crippen molar-refractivity contribution >= 4 is 11.8 Å². The highest BCUT2D eigenvalue weighted by Crippen LogP contribution is 2.64. The van der Waals surface area contributed by atoms with E-state index in [4.69, 9.17) is 0 Å². The van der Waals surface area contributed by atoms with Crippen molar-refractivity contribution in [2.24, 2.45) is 28.1 Å². The molecule has 0 amide bonds. The molecule has 3 aliphatic rings. The molecule has 0 bridgehead atoms. The van der Waals surface area contributed by atoms with Crippen LogP contribution in [0.1, 0.15) is 46.5 Å². The van der Waals surface area contributed by atoms with E-state index in [0.717, 1.165) is 0 Å². The Labute approximate surface area is 148 Å². The van der Waals surface area contributed by atoms with Crippen LogP contribution in [0.25, 0.3) is 0 Å². The van der Waals surface area contributed by atoms with Gasteiger partial charge in [-0.2, -0.15) is 0 Å². The Hall–Kier alpha value is -1.46. The van der Waals surface area contributed by atoms with Crippen LogP contribution in [-0.2, 0) is 9.59 Å². The normalized spacial score (nSPS) is 52.2. The molecule has 25 heavy (non-hydrogen) atoms. The number of hydrogen-bond acceptors (Lipinski definition) is 4. The van der Waals surface area contributed by atoms with Crippen molar-refractivity contribution in [3.63, 3.8) is 0 Å². The number of carboxylic acids is 1. The largest absolute Gasteiger partial charge is 0.481 e. The van der Waals surface area contributed by atoms with Gasteiger partial charge in [0.25, 0.3) is 0 Å². The highest BCUT2D eigenvalue weighted by molar-refractivity contribution is 5.94. The first-order chi connectivity index (χ1) is 11.4. The molecule has 3 rings (SSSR count). The molecule has 5 nitrogen and oxygen atoms in total. The summed E-state index contributed by atoms with van der Waals surface area (Å²) in [4.78, 5) is 25.0. The number of allylic oxidation sites excluding steroid dienone is 2. The van der Waals surface area contributed by atoms with E-state index in [1.54, 1.807) is 19.9 Å². The Balaban J connectivity index is 2.17. The van der Waals surface area contributed by atoms with Crippen LogP contribution in [0, 0.1) is 28.1 Å². The van der Waals surface area contributed by atoms with E-state index in [2.05, 4.69) is 6.58 Å². The number of rotatable bonds is 2. The SMILES string of the molecule is C=C[C@]1(C)C=C[C@@]2(O)[C@H](CC[C@@H]3[C@](C)(C(=O)O)C[C@@H](O)C(=O)[C@]32C)C1. The summed E-state index contributed by atoms with van der Waals surface area (Å²) < 4.78 is 0. The van der Waals surface area contributed by atoms with Crippen molar-refractivity contribution in [1.82, 2.24) is 0 Å². The number of Topliss-reactive ketones (excluding diaryl/α,β-unsaturated/α-hetero) is 1. The monoisotopic (exact) mass is 348 g/mol. The third-order valence-corrected chi connectivity index (χ3v) is 7.52. The number of fused-ring (bicyclic) bond motifs is 3. The minimum absolute atomic E-state index is 0.101. The van der Waals surface area contributed by atoms with E-state index in [0.29, 0.717) is 19.3 Å². The maximum absolute atomic E-state index is 13.0. The van der Waals surface area contributed by atoms with Crippen molar-refractivity contribution in [2.75, 3.05) is 0 Å². The summed E-state index contributed by atoms with van der Waals surface area (Å²) in [5, 5.41) is 31.8. The number of carbonyl (C=O) groups excluding carboxylic acids is 1. The molecule has 0 aromatic heterocycles. The second kappa shape index (κ2) is 5.27. The second-order valence-corrected chi connectivity index (χ2v) is 8.91. The molecule has 0 aromatic carbocycles. The summed E-state index contributed by atoms with van der Waals surface area (Å²) in [5.41, 5.74) is -4.27. The van der Waals surface area contributed by atoms with Crippen LogP contribution in [0.15, 0.2) is 24.8 Å². The van der Waals surface area contributed by atoms with Gasteiger partial charge in [0, 0.05) is 5.41 Å². The molecule has 0 aromatic rings. The van der Waals surface area contributed by atoms with Gasteiger partial charge in [0.2, 0.25) is 0 Å². The third-order valence-electron chi connectivity index (χ3n) is 7.52. The summed E-state index contributed by atoms with van der Waals surface area (Å²) in [6, 6.07) is 0. The summed E-state index contributed by atoms with van der Waals surface area (Å²) in [7, 11) is 0. The van der Waals surface area contributed by atoms with E-state index in [1.807, 2.05) is 19.1 Å². The molecule has 2 saturated carbocycles. The number of aliphatic carboxylic acids is 1. The zero-order chi connectivity index (χ0) is 18.8. The molecule has 5 heteroatoms. The van der Waals surface area contributed by atoms with Gasteiger partial charge in [-0.05, 0) is 51.4 Å². The highest BCUT2D eigenvalue weighted by Gasteiger charge is 2.70. The minimum Gasteiger partial charge on any atom is -0.481 e. The molecule has 0 unspecified atom stereocenters. The zero-order valence-electron chi connectivity index (χ0n) is 15.2. The first-order valence-electron chi connectivity index (χ1n) is 8.97. The number of hydrogen-bond donors (Lipinski definition) is 3. The number of aliphatic hydroxyl groups excluding tert-OH is 1.